The number of hydrogen-bond donors (Lipinski definition) is 2. The SMILES string of the molecule is CCC(Cc1cnc2nc(N)nc(N)c2n1)(C(=O)OC)c1ccc(C(=O)OC)s1. The summed E-state index contributed by atoms with van der Waals surface area (Å²) in [5.74, 6) is -0.805. The molecule has 3 aromatic rings. The Hall–Kier alpha value is -3.34. The standard InChI is InChI=1S/C18H20N6O4S/c1-4-18(16(26)28-3,11-6-5-10(29-11)15(25)27-2)7-9-8-21-14-12(22-9)13(19)23-17(20)24-14/h5-6,8H,4,7H2,1-3H3,(H4,19,20,21,23,24). The molecule has 3 aromatic heterocycles. The number of fused-ring (bicyclic) bond motifs is 1. The van der Waals surface area contributed by atoms with Crippen molar-refractivity contribution >= 4 is 46.2 Å². The lowest BCUT2D eigenvalue weighted by atomic mass is 9.79. The van der Waals surface area contributed by atoms with Crippen LogP contribution < -0.4 is 11.5 Å². The smallest absolute Gasteiger partial charge is 0.348 e. The van der Waals surface area contributed by atoms with E-state index in [9.17, 15) is 9.59 Å². The van der Waals surface area contributed by atoms with Gasteiger partial charge >= 0.3 is 11.9 Å². The predicted octanol–water partition coefficient (Wildman–Crippen LogP) is 1.50. The lowest BCUT2D eigenvalue weighted by Crippen LogP contribution is -2.38. The van der Waals surface area contributed by atoms with Crippen LogP contribution in [0.15, 0.2) is 18.3 Å². The molecule has 4 N–H and O–H groups in total. The second-order valence-corrected chi connectivity index (χ2v) is 7.34. The van der Waals surface area contributed by atoms with E-state index in [1.807, 2.05) is 6.92 Å². The van der Waals surface area contributed by atoms with Gasteiger partial charge < -0.3 is 20.9 Å². The lowest BCUT2D eigenvalue weighted by Gasteiger charge is -2.28. The van der Waals surface area contributed by atoms with E-state index < -0.39 is 17.4 Å². The minimum atomic E-state index is -1.06. The van der Waals surface area contributed by atoms with Gasteiger partial charge in [-0.1, -0.05) is 6.92 Å². The number of carbonyl (C=O) groups is 2. The maximum absolute atomic E-state index is 12.8. The number of carbonyl (C=O) groups excluding carboxylic acids is 2. The van der Waals surface area contributed by atoms with Crippen molar-refractivity contribution in [1.29, 1.82) is 0 Å². The van der Waals surface area contributed by atoms with Crippen molar-refractivity contribution in [1.82, 2.24) is 19.9 Å². The van der Waals surface area contributed by atoms with E-state index in [1.165, 1.54) is 31.8 Å². The number of nitrogens with two attached hydrogens (primary N) is 2. The Kier molecular flexibility index (Phi) is 5.59. The Balaban J connectivity index is 2.08. The van der Waals surface area contributed by atoms with Crippen LogP contribution in [0.4, 0.5) is 11.8 Å². The summed E-state index contributed by atoms with van der Waals surface area (Å²) in [5, 5.41) is 0. The fourth-order valence-corrected chi connectivity index (χ4v) is 4.25. The third kappa shape index (κ3) is 3.68. The number of hydrogen-bond acceptors (Lipinski definition) is 11. The van der Waals surface area contributed by atoms with Crippen LogP contribution in [0.25, 0.3) is 11.2 Å². The average Bonchev–Trinajstić information content (AvgIpc) is 3.21. The highest BCUT2D eigenvalue weighted by Crippen LogP contribution is 2.38. The van der Waals surface area contributed by atoms with Crippen LogP contribution in [-0.4, -0.2) is 46.1 Å². The zero-order valence-electron chi connectivity index (χ0n) is 16.1. The Labute approximate surface area is 170 Å². The number of aromatic nitrogens is 4. The average molecular weight is 416 g/mol. The Morgan fingerprint density at radius 3 is 2.55 bits per heavy atom. The van der Waals surface area contributed by atoms with Crippen LogP contribution in [0.2, 0.25) is 0 Å². The summed E-state index contributed by atoms with van der Waals surface area (Å²) >= 11 is 1.18. The van der Waals surface area contributed by atoms with E-state index in [4.69, 9.17) is 20.9 Å². The van der Waals surface area contributed by atoms with Crippen LogP contribution in [0.3, 0.4) is 0 Å². The van der Waals surface area contributed by atoms with E-state index in [0.29, 0.717) is 27.4 Å². The maximum atomic E-state index is 12.8. The van der Waals surface area contributed by atoms with Gasteiger partial charge in [0.05, 0.1) is 26.1 Å². The second kappa shape index (κ2) is 7.95. The van der Waals surface area contributed by atoms with Gasteiger partial charge in [-0.2, -0.15) is 9.97 Å². The Morgan fingerprint density at radius 1 is 1.14 bits per heavy atom. The number of ether oxygens (including phenoxy) is 2. The van der Waals surface area contributed by atoms with E-state index in [0.717, 1.165) is 0 Å². The maximum Gasteiger partial charge on any atom is 0.348 e. The van der Waals surface area contributed by atoms with Crippen LogP contribution >= 0.6 is 11.3 Å². The Morgan fingerprint density at radius 2 is 1.90 bits per heavy atom. The lowest BCUT2D eigenvalue weighted by molar-refractivity contribution is -0.147. The van der Waals surface area contributed by atoms with Gasteiger partial charge in [0.25, 0.3) is 0 Å². The molecule has 3 heterocycles. The van der Waals surface area contributed by atoms with Gasteiger partial charge in [0.1, 0.15) is 10.3 Å². The van der Waals surface area contributed by atoms with Gasteiger partial charge in [-0.25, -0.2) is 14.8 Å². The summed E-state index contributed by atoms with van der Waals surface area (Å²) < 4.78 is 9.86. The third-order valence-electron chi connectivity index (χ3n) is 4.63. The molecule has 152 valence electrons. The van der Waals surface area contributed by atoms with E-state index in [1.54, 1.807) is 12.1 Å². The van der Waals surface area contributed by atoms with Gasteiger partial charge in [0.15, 0.2) is 17.0 Å². The molecule has 0 aromatic carbocycles. The normalized spacial score (nSPS) is 13.1. The molecule has 3 rings (SSSR count). The zero-order valence-corrected chi connectivity index (χ0v) is 16.9. The second-order valence-electron chi connectivity index (χ2n) is 6.26. The van der Waals surface area contributed by atoms with Gasteiger partial charge in [-0.05, 0) is 18.6 Å². The molecule has 0 fully saturated rings. The van der Waals surface area contributed by atoms with Crippen molar-refractivity contribution in [2.75, 3.05) is 25.7 Å². The molecular weight excluding hydrogens is 396 g/mol. The van der Waals surface area contributed by atoms with Crippen molar-refractivity contribution in [3.05, 3.63) is 33.8 Å². The number of rotatable bonds is 6. The monoisotopic (exact) mass is 416 g/mol. The summed E-state index contributed by atoms with van der Waals surface area (Å²) in [7, 11) is 2.63. The number of anilines is 2. The van der Waals surface area contributed by atoms with Crippen molar-refractivity contribution in [3.8, 4) is 0 Å². The first-order valence-corrected chi connectivity index (χ1v) is 9.48. The molecule has 1 atom stereocenters. The van der Waals surface area contributed by atoms with Crippen molar-refractivity contribution in [3.63, 3.8) is 0 Å². The van der Waals surface area contributed by atoms with Gasteiger partial charge in [0.2, 0.25) is 5.95 Å². The van der Waals surface area contributed by atoms with Gasteiger partial charge in [-0.3, -0.25) is 4.79 Å². The van der Waals surface area contributed by atoms with Crippen molar-refractivity contribution < 1.29 is 19.1 Å². The van der Waals surface area contributed by atoms with Crippen molar-refractivity contribution in [2.24, 2.45) is 0 Å². The van der Waals surface area contributed by atoms with E-state index in [-0.39, 0.29) is 23.8 Å². The number of nitrogens with zero attached hydrogens (tertiary/aromatic N) is 4. The molecule has 29 heavy (non-hydrogen) atoms. The van der Waals surface area contributed by atoms with Crippen LogP contribution in [0, 0.1) is 0 Å². The molecule has 10 nitrogen and oxygen atoms in total. The summed E-state index contributed by atoms with van der Waals surface area (Å²) in [6, 6.07) is 3.35. The molecule has 0 saturated carbocycles. The molecule has 0 aliphatic carbocycles. The van der Waals surface area contributed by atoms with Crippen LogP contribution in [-0.2, 0) is 26.1 Å². The topological polar surface area (TPSA) is 156 Å². The first-order chi connectivity index (χ1) is 13.8. The van der Waals surface area contributed by atoms with E-state index >= 15 is 0 Å². The molecule has 0 amide bonds. The first kappa shape index (κ1) is 20.4. The van der Waals surface area contributed by atoms with E-state index in [2.05, 4.69) is 19.9 Å². The van der Waals surface area contributed by atoms with Crippen molar-refractivity contribution in [2.45, 2.75) is 25.2 Å². The molecule has 0 aliphatic heterocycles. The zero-order chi connectivity index (χ0) is 21.2. The molecule has 0 aliphatic rings. The molecule has 11 heteroatoms. The minimum absolute atomic E-state index is 0.00319. The van der Waals surface area contributed by atoms with Gasteiger partial charge in [0, 0.05) is 11.3 Å². The van der Waals surface area contributed by atoms with Gasteiger partial charge in [-0.15, -0.1) is 11.3 Å². The first-order valence-electron chi connectivity index (χ1n) is 8.66. The summed E-state index contributed by atoms with van der Waals surface area (Å²) in [6.07, 6.45) is 2.11. The largest absolute Gasteiger partial charge is 0.468 e. The molecule has 1 unspecified atom stereocenters. The fourth-order valence-electron chi connectivity index (χ4n) is 3.08. The highest BCUT2D eigenvalue weighted by Gasteiger charge is 2.42. The summed E-state index contributed by atoms with van der Waals surface area (Å²) in [6.45, 7) is 1.86. The van der Waals surface area contributed by atoms with Crippen LogP contribution in [0.5, 0.6) is 0 Å². The quantitative estimate of drug-likeness (QED) is 0.564. The summed E-state index contributed by atoms with van der Waals surface area (Å²) in [4.78, 5) is 42.4. The number of methoxy groups -OCH3 is 2. The number of thiophene rings is 1. The highest BCUT2D eigenvalue weighted by molar-refractivity contribution is 7.14. The molecule has 0 spiro atoms. The predicted molar refractivity (Wildman–Crippen MR) is 107 cm³/mol. The minimum Gasteiger partial charge on any atom is -0.468 e. The molecule has 0 bridgehead atoms. The molecule has 0 saturated heterocycles. The molecular formula is C18H20N6O4S. The fraction of sp³-hybridized carbons (Fsp3) is 0.333. The summed E-state index contributed by atoms with van der Waals surface area (Å²) in [5.41, 5.74) is 11.5. The number of nitrogen functional groups attached to an aromatic ring is 2. The highest BCUT2D eigenvalue weighted by atomic mass is 32.1. The molecule has 0 radical (unpaired) electrons. The number of esters is 2. The Bertz CT molecular complexity index is 1090. The van der Waals surface area contributed by atoms with Crippen LogP contribution in [0.1, 0.15) is 33.6 Å². The third-order valence-corrected chi connectivity index (χ3v) is 5.90.